The molecule has 0 aliphatic carbocycles. The van der Waals surface area contributed by atoms with Crippen molar-refractivity contribution in [1.29, 1.82) is 5.26 Å². The summed E-state index contributed by atoms with van der Waals surface area (Å²) in [5, 5.41) is 15.4. The predicted octanol–water partition coefficient (Wildman–Crippen LogP) is 12.6. The lowest BCUT2D eigenvalue weighted by Crippen LogP contribution is -2.05. The average Bonchev–Trinajstić information content (AvgIpc) is 3.82. The van der Waals surface area contributed by atoms with Gasteiger partial charge in [0.2, 0.25) is 0 Å². The number of rotatable bonds is 6. The Morgan fingerprint density at radius 1 is 0.362 bits per heavy atom. The normalized spacial score (nSPS) is 11.4. The molecule has 0 bridgehead atoms. The molecule has 270 valence electrons. The monoisotopic (exact) mass is 740 g/mol. The number of nitriles is 1. The maximum absolute atomic E-state index is 10.8. The van der Waals surface area contributed by atoms with Crippen molar-refractivity contribution in [2.24, 2.45) is 0 Å². The first-order valence-corrected chi connectivity index (χ1v) is 19.3. The van der Waals surface area contributed by atoms with Gasteiger partial charge in [-0.3, -0.25) is 0 Å². The molecule has 11 aromatic rings. The van der Waals surface area contributed by atoms with Crippen molar-refractivity contribution in [2.45, 2.75) is 0 Å². The highest BCUT2D eigenvalue weighted by molar-refractivity contribution is 6.11. The molecule has 0 unspecified atom stereocenters. The lowest BCUT2D eigenvalue weighted by atomic mass is 9.94. The Labute approximate surface area is 334 Å². The maximum Gasteiger partial charge on any atom is 0.164 e. The number of aromatic nitrogens is 5. The van der Waals surface area contributed by atoms with Gasteiger partial charge in [-0.05, 0) is 48.0 Å². The minimum absolute atomic E-state index is 0.529. The van der Waals surface area contributed by atoms with E-state index in [9.17, 15) is 5.26 Å². The predicted molar refractivity (Wildman–Crippen MR) is 235 cm³/mol. The van der Waals surface area contributed by atoms with Crippen molar-refractivity contribution < 1.29 is 0 Å². The smallest absolute Gasteiger partial charge is 0.164 e. The van der Waals surface area contributed by atoms with E-state index in [4.69, 9.17) is 15.0 Å². The van der Waals surface area contributed by atoms with Crippen LogP contribution in [0.1, 0.15) is 5.56 Å². The van der Waals surface area contributed by atoms with Crippen LogP contribution >= 0.6 is 0 Å². The van der Waals surface area contributed by atoms with Crippen molar-refractivity contribution >= 4 is 43.6 Å². The molecule has 58 heavy (non-hydrogen) atoms. The molecular formula is C52H32N6. The molecule has 0 fully saturated rings. The van der Waals surface area contributed by atoms with Crippen LogP contribution in [0.4, 0.5) is 0 Å². The zero-order chi connectivity index (χ0) is 38.6. The van der Waals surface area contributed by atoms with Gasteiger partial charge in [0.05, 0.1) is 33.3 Å². The van der Waals surface area contributed by atoms with Crippen LogP contribution in [0.3, 0.4) is 0 Å². The summed E-state index contributed by atoms with van der Waals surface area (Å²) >= 11 is 0. The van der Waals surface area contributed by atoms with Crippen molar-refractivity contribution in [3.63, 3.8) is 0 Å². The summed E-state index contributed by atoms with van der Waals surface area (Å²) in [6.07, 6.45) is 0. The van der Waals surface area contributed by atoms with Gasteiger partial charge in [-0.2, -0.15) is 5.26 Å². The zero-order valence-electron chi connectivity index (χ0n) is 31.2. The third-order valence-corrected chi connectivity index (χ3v) is 11.0. The largest absolute Gasteiger partial charge is 0.309 e. The van der Waals surface area contributed by atoms with Crippen LogP contribution < -0.4 is 0 Å². The number of fused-ring (bicyclic) bond motifs is 6. The number of hydrogen-bond acceptors (Lipinski definition) is 4. The van der Waals surface area contributed by atoms with Crippen LogP contribution in [-0.2, 0) is 0 Å². The molecular weight excluding hydrogens is 709 g/mol. The lowest BCUT2D eigenvalue weighted by molar-refractivity contribution is 1.07. The Kier molecular flexibility index (Phi) is 7.76. The van der Waals surface area contributed by atoms with E-state index < -0.39 is 0 Å². The summed E-state index contributed by atoms with van der Waals surface area (Å²) in [5.74, 6) is 1.68. The Balaban J connectivity index is 1.26. The van der Waals surface area contributed by atoms with Gasteiger partial charge in [-0.1, -0.05) is 152 Å². The van der Waals surface area contributed by atoms with E-state index in [2.05, 4.69) is 137 Å². The fraction of sp³-hybridized carbons (Fsp3) is 0. The Morgan fingerprint density at radius 2 is 0.810 bits per heavy atom. The molecule has 0 spiro atoms. The third-order valence-electron chi connectivity index (χ3n) is 11.0. The van der Waals surface area contributed by atoms with E-state index >= 15 is 0 Å². The SMILES string of the molecule is N#Cc1cccc(-c2ccc(-n3c4ccccc4c4ccccc43)cc2-c2nc(-c3ccccc3)nc(-c3ccccc3)n2)c1-n1c2ccccc2c2ccccc21. The molecule has 3 heterocycles. The topological polar surface area (TPSA) is 72.3 Å². The fourth-order valence-electron chi connectivity index (χ4n) is 8.48. The summed E-state index contributed by atoms with van der Waals surface area (Å²) < 4.78 is 4.55. The Bertz CT molecular complexity index is 3240. The molecule has 11 rings (SSSR count). The Hall–Kier alpha value is -8.14. The summed E-state index contributed by atoms with van der Waals surface area (Å²) in [7, 11) is 0. The quantitative estimate of drug-likeness (QED) is 0.170. The van der Waals surface area contributed by atoms with Crippen LogP contribution in [0.2, 0.25) is 0 Å². The number of para-hydroxylation sites is 5. The highest BCUT2D eigenvalue weighted by Crippen LogP contribution is 2.42. The van der Waals surface area contributed by atoms with Gasteiger partial charge in [-0.15, -0.1) is 0 Å². The highest BCUT2D eigenvalue weighted by atomic mass is 15.0. The van der Waals surface area contributed by atoms with Crippen molar-refractivity contribution in [1.82, 2.24) is 24.1 Å². The highest BCUT2D eigenvalue weighted by Gasteiger charge is 2.24. The number of nitrogens with zero attached hydrogens (tertiary/aromatic N) is 6. The number of benzene rings is 8. The second-order valence-electron chi connectivity index (χ2n) is 14.3. The second-order valence-corrected chi connectivity index (χ2v) is 14.3. The average molecular weight is 741 g/mol. The summed E-state index contributed by atoms with van der Waals surface area (Å²) in [4.78, 5) is 15.6. The lowest BCUT2D eigenvalue weighted by Gasteiger charge is -2.19. The fourth-order valence-corrected chi connectivity index (χ4v) is 8.48. The number of hydrogen-bond donors (Lipinski definition) is 0. The van der Waals surface area contributed by atoms with E-state index in [1.807, 2.05) is 72.8 Å². The van der Waals surface area contributed by atoms with Crippen LogP contribution in [0.25, 0.3) is 100 Å². The van der Waals surface area contributed by atoms with Crippen molar-refractivity contribution in [2.75, 3.05) is 0 Å². The second kappa shape index (κ2) is 13.6. The molecule has 0 aliphatic rings. The molecule has 0 atom stereocenters. The van der Waals surface area contributed by atoms with Crippen LogP contribution in [0.15, 0.2) is 194 Å². The molecule has 8 aromatic carbocycles. The van der Waals surface area contributed by atoms with Crippen LogP contribution in [0, 0.1) is 11.3 Å². The van der Waals surface area contributed by atoms with Gasteiger partial charge in [0.15, 0.2) is 17.5 Å². The van der Waals surface area contributed by atoms with E-state index in [1.165, 1.54) is 10.8 Å². The summed E-state index contributed by atoms with van der Waals surface area (Å²) in [6, 6.07) is 69.0. The molecule has 0 radical (unpaired) electrons. The van der Waals surface area contributed by atoms with Gasteiger partial charge < -0.3 is 9.13 Å². The molecule has 0 saturated heterocycles. The van der Waals surface area contributed by atoms with E-state index in [0.29, 0.717) is 23.0 Å². The summed E-state index contributed by atoms with van der Waals surface area (Å²) in [6.45, 7) is 0. The molecule has 0 amide bonds. The van der Waals surface area contributed by atoms with Gasteiger partial charge in [0.25, 0.3) is 0 Å². The van der Waals surface area contributed by atoms with E-state index in [1.54, 1.807) is 0 Å². The Morgan fingerprint density at radius 3 is 1.31 bits per heavy atom. The van der Waals surface area contributed by atoms with Crippen LogP contribution in [0.5, 0.6) is 0 Å². The van der Waals surface area contributed by atoms with E-state index in [0.717, 1.165) is 72.0 Å². The molecule has 6 nitrogen and oxygen atoms in total. The molecule has 6 heteroatoms. The first-order valence-electron chi connectivity index (χ1n) is 19.3. The van der Waals surface area contributed by atoms with Gasteiger partial charge >= 0.3 is 0 Å². The molecule has 0 aliphatic heterocycles. The molecule has 3 aromatic heterocycles. The first kappa shape index (κ1) is 33.2. The minimum atomic E-state index is 0.529. The van der Waals surface area contributed by atoms with Gasteiger partial charge in [0, 0.05) is 49.5 Å². The summed E-state index contributed by atoms with van der Waals surface area (Å²) in [5.41, 5.74) is 10.9. The maximum atomic E-state index is 10.8. The third kappa shape index (κ3) is 5.30. The van der Waals surface area contributed by atoms with Gasteiger partial charge in [0.1, 0.15) is 6.07 Å². The minimum Gasteiger partial charge on any atom is -0.309 e. The van der Waals surface area contributed by atoms with Crippen LogP contribution in [-0.4, -0.2) is 24.1 Å². The first-order chi connectivity index (χ1) is 28.7. The van der Waals surface area contributed by atoms with Gasteiger partial charge in [-0.25, -0.2) is 15.0 Å². The zero-order valence-corrected chi connectivity index (χ0v) is 31.2. The van der Waals surface area contributed by atoms with Crippen molar-refractivity contribution in [3.8, 4) is 62.7 Å². The molecule has 0 N–H and O–H groups in total. The van der Waals surface area contributed by atoms with Crippen molar-refractivity contribution in [3.05, 3.63) is 200 Å². The van der Waals surface area contributed by atoms with E-state index in [-0.39, 0.29) is 0 Å². The standard InChI is InChI=1S/C52H32N6/c53-33-36-20-15-25-43(49(36)58-47-28-13-9-23-41(47)42-24-10-14-29-48(42)58)38-31-30-37(57-45-26-11-7-21-39(45)40-22-8-12-27-46(40)57)32-44(38)52-55-50(34-16-3-1-4-17-34)54-51(56-52)35-18-5-2-6-19-35/h1-32H. The molecule has 0 saturated carbocycles.